The van der Waals surface area contributed by atoms with Crippen LogP contribution in [0.15, 0.2) is 78.9 Å². The minimum absolute atomic E-state index is 0.0797. The first-order valence-electron chi connectivity index (χ1n) is 9.18. The molecular formula is C23H19FN2O. The lowest BCUT2D eigenvalue weighted by atomic mass is 9.89. The molecule has 3 aromatic carbocycles. The van der Waals surface area contributed by atoms with Crippen molar-refractivity contribution in [1.29, 1.82) is 0 Å². The minimum Gasteiger partial charge on any atom is -0.311 e. The van der Waals surface area contributed by atoms with Gasteiger partial charge in [-0.3, -0.25) is 9.69 Å². The molecule has 1 atom stereocenters. The first-order valence-corrected chi connectivity index (χ1v) is 9.18. The van der Waals surface area contributed by atoms with Gasteiger partial charge in [-0.05, 0) is 29.3 Å². The fourth-order valence-electron chi connectivity index (χ4n) is 4.57. The predicted octanol–water partition coefficient (Wildman–Crippen LogP) is 4.00. The molecule has 0 radical (unpaired) electrons. The summed E-state index contributed by atoms with van der Waals surface area (Å²) in [5.74, 6) is -0.156. The first-order chi connectivity index (χ1) is 13.2. The van der Waals surface area contributed by atoms with Gasteiger partial charge in [0, 0.05) is 30.8 Å². The number of hydrogen-bond acceptors (Lipinski definition) is 2. The number of benzene rings is 3. The van der Waals surface area contributed by atoms with Gasteiger partial charge in [0.15, 0.2) is 0 Å². The predicted molar refractivity (Wildman–Crippen MR) is 102 cm³/mol. The molecule has 2 aliphatic rings. The second kappa shape index (κ2) is 6.03. The first kappa shape index (κ1) is 16.2. The van der Waals surface area contributed by atoms with Crippen molar-refractivity contribution in [2.75, 3.05) is 13.1 Å². The second-order valence-electron chi connectivity index (χ2n) is 7.09. The van der Waals surface area contributed by atoms with E-state index in [0.717, 1.165) is 28.8 Å². The van der Waals surface area contributed by atoms with E-state index in [1.165, 1.54) is 12.1 Å². The lowest BCUT2D eigenvalue weighted by Crippen LogP contribution is -2.48. The van der Waals surface area contributed by atoms with Gasteiger partial charge < -0.3 is 4.90 Å². The van der Waals surface area contributed by atoms with Gasteiger partial charge in [0.1, 0.15) is 11.5 Å². The quantitative estimate of drug-likeness (QED) is 0.707. The van der Waals surface area contributed by atoms with Gasteiger partial charge in [0.05, 0.1) is 0 Å². The smallest absolute Gasteiger partial charge is 0.256 e. The molecule has 2 heterocycles. The van der Waals surface area contributed by atoms with E-state index in [2.05, 4.69) is 23.1 Å². The Bertz CT molecular complexity index is 1000. The summed E-state index contributed by atoms with van der Waals surface area (Å²) in [7, 11) is 0. The molecule has 0 spiro atoms. The number of nitrogens with zero attached hydrogens (tertiary/aromatic N) is 2. The average molecular weight is 358 g/mol. The van der Waals surface area contributed by atoms with Gasteiger partial charge >= 0.3 is 0 Å². The van der Waals surface area contributed by atoms with Crippen molar-refractivity contribution in [3.63, 3.8) is 0 Å². The van der Waals surface area contributed by atoms with Crippen LogP contribution in [-0.4, -0.2) is 28.8 Å². The van der Waals surface area contributed by atoms with Crippen LogP contribution in [0.4, 0.5) is 4.39 Å². The maximum atomic E-state index is 13.3. The summed E-state index contributed by atoms with van der Waals surface area (Å²) in [5, 5.41) is 0. The van der Waals surface area contributed by atoms with E-state index < -0.39 is 5.66 Å². The lowest BCUT2D eigenvalue weighted by molar-refractivity contribution is 0.0429. The Balaban J connectivity index is 1.69. The molecule has 1 amide bonds. The standard InChI is InChI=1S/C23H19FN2O/c24-19-12-10-17(11-13-19)16-25-14-15-26-22(27)20-8-4-5-9-21(20)23(25,26)18-6-2-1-3-7-18/h1-13H,14-16H2. The number of halogens is 1. The van der Waals surface area contributed by atoms with Crippen LogP contribution in [0.2, 0.25) is 0 Å². The zero-order chi connectivity index (χ0) is 18.4. The fourth-order valence-corrected chi connectivity index (χ4v) is 4.57. The molecule has 1 unspecified atom stereocenters. The molecule has 2 aliphatic heterocycles. The maximum absolute atomic E-state index is 13.3. The topological polar surface area (TPSA) is 23.6 Å². The van der Waals surface area contributed by atoms with Crippen LogP contribution < -0.4 is 0 Å². The third kappa shape index (κ3) is 2.26. The summed E-state index contributed by atoms with van der Waals surface area (Å²) < 4.78 is 13.3. The van der Waals surface area contributed by atoms with E-state index in [9.17, 15) is 9.18 Å². The van der Waals surface area contributed by atoms with Gasteiger partial charge in [-0.25, -0.2) is 4.39 Å². The Morgan fingerprint density at radius 3 is 2.33 bits per heavy atom. The summed E-state index contributed by atoms with van der Waals surface area (Å²) in [4.78, 5) is 17.5. The maximum Gasteiger partial charge on any atom is 0.256 e. The zero-order valence-electron chi connectivity index (χ0n) is 14.8. The molecule has 1 fully saturated rings. The van der Waals surface area contributed by atoms with Gasteiger partial charge in [0.2, 0.25) is 0 Å². The van der Waals surface area contributed by atoms with Crippen LogP contribution in [0.25, 0.3) is 0 Å². The molecule has 0 bridgehead atoms. The number of amides is 1. The Labute approximate surface area is 157 Å². The van der Waals surface area contributed by atoms with E-state index >= 15 is 0 Å². The Hall–Kier alpha value is -2.98. The molecule has 1 saturated heterocycles. The van der Waals surface area contributed by atoms with Crippen molar-refractivity contribution in [2.24, 2.45) is 0 Å². The minimum atomic E-state index is -0.608. The average Bonchev–Trinajstić information content (AvgIpc) is 3.20. The van der Waals surface area contributed by atoms with Crippen LogP contribution in [-0.2, 0) is 12.2 Å². The van der Waals surface area contributed by atoms with Crippen molar-refractivity contribution in [3.8, 4) is 0 Å². The molecule has 0 aliphatic carbocycles. The fraction of sp³-hybridized carbons (Fsp3) is 0.174. The highest BCUT2D eigenvalue weighted by Gasteiger charge is 2.57. The van der Waals surface area contributed by atoms with E-state index in [-0.39, 0.29) is 11.7 Å². The summed E-state index contributed by atoms with van der Waals surface area (Å²) in [6, 6.07) is 24.7. The van der Waals surface area contributed by atoms with Gasteiger partial charge in [-0.15, -0.1) is 0 Å². The van der Waals surface area contributed by atoms with Crippen molar-refractivity contribution < 1.29 is 9.18 Å². The van der Waals surface area contributed by atoms with Crippen LogP contribution in [0.1, 0.15) is 27.0 Å². The van der Waals surface area contributed by atoms with E-state index in [4.69, 9.17) is 0 Å². The number of hydrogen-bond donors (Lipinski definition) is 0. The molecule has 0 saturated carbocycles. The SMILES string of the molecule is O=C1c2ccccc2C2(c3ccccc3)N(Cc3ccc(F)cc3)CCN12. The van der Waals surface area contributed by atoms with Crippen LogP contribution >= 0.6 is 0 Å². The Morgan fingerprint density at radius 1 is 0.852 bits per heavy atom. The molecule has 0 N–H and O–H groups in total. The van der Waals surface area contributed by atoms with Crippen LogP contribution in [0.5, 0.6) is 0 Å². The second-order valence-corrected chi connectivity index (χ2v) is 7.09. The Kier molecular flexibility index (Phi) is 3.62. The molecule has 4 heteroatoms. The van der Waals surface area contributed by atoms with Crippen molar-refractivity contribution in [2.45, 2.75) is 12.2 Å². The molecule has 3 aromatic rings. The van der Waals surface area contributed by atoms with Crippen molar-refractivity contribution >= 4 is 5.91 Å². The number of carbonyl (C=O) groups excluding carboxylic acids is 1. The lowest BCUT2D eigenvalue weighted by Gasteiger charge is -2.40. The third-order valence-electron chi connectivity index (χ3n) is 5.68. The third-order valence-corrected chi connectivity index (χ3v) is 5.68. The number of rotatable bonds is 3. The molecule has 5 rings (SSSR count). The highest BCUT2D eigenvalue weighted by Crippen LogP contribution is 2.49. The zero-order valence-corrected chi connectivity index (χ0v) is 14.8. The van der Waals surface area contributed by atoms with E-state index in [0.29, 0.717) is 13.1 Å². The summed E-state index contributed by atoms with van der Waals surface area (Å²) in [6.45, 7) is 2.09. The van der Waals surface area contributed by atoms with E-state index in [1.807, 2.05) is 53.4 Å². The van der Waals surface area contributed by atoms with Gasteiger partial charge in [-0.1, -0.05) is 60.7 Å². The molecule has 3 nitrogen and oxygen atoms in total. The van der Waals surface area contributed by atoms with Gasteiger partial charge in [-0.2, -0.15) is 0 Å². The van der Waals surface area contributed by atoms with Gasteiger partial charge in [0.25, 0.3) is 5.91 Å². The number of carbonyl (C=O) groups is 1. The highest BCUT2D eigenvalue weighted by molar-refractivity contribution is 6.01. The van der Waals surface area contributed by atoms with E-state index in [1.54, 1.807) is 0 Å². The van der Waals surface area contributed by atoms with Crippen molar-refractivity contribution in [1.82, 2.24) is 9.80 Å². The molecule has 134 valence electrons. The van der Waals surface area contributed by atoms with Crippen LogP contribution in [0, 0.1) is 5.82 Å². The largest absolute Gasteiger partial charge is 0.311 e. The molecule has 27 heavy (non-hydrogen) atoms. The summed E-state index contributed by atoms with van der Waals surface area (Å²) >= 11 is 0. The normalized spacial score (nSPS) is 21.4. The van der Waals surface area contributed by atoms with Crippen molar-refractivity contribution in [3.05, 3.63) is 107 Å². The Morgan fingerprint density at radius 2 is 1.56 bits per heavy atom. The summed E-state index contributed by atoms with van der Waals surface area (Å²) in [6.07, 6.45) is 0. The monoisotopic (exact) mass is 358 g/mol. The molecular weight excluding hydrogens is 339 g/mol. The molecule has 0 aromatic heterocycles. The number of fused-ring (bicyclic) bond motifs is 3. The van der Waals surface area contributed by atoms with Crippen LogP contribution in [0.3, 0.4) is 0 Å². The summed E-state index contributed by atoms with van der Waals surface area (Å²) in [5.41, 5.74) is 3.31. The highest BCUT2D eigenvalue weighted by atomic mass is 19.1.